The Morgan fingerprint density at radius 3 is 2.17 bits per heavy atom. The number of amides is 3. The molecule has 3 aliphatic heterocycles. The summed E-state index contributed by atoms with van der Waals surface area (Å²) in [6.45, 7) is 12.3. The zero-order valence-electron chi connectivity index (χ0n) is 47.2. The van der Waals surface area contributed by atoms with E-state index in [9.17, 15) is 24.3 Å². The van der Waals surface area contributed by atoms with E-state index in [1.807, 2.05) is 64.4 Å². The molecular formula is C65H75ClN10O6. The molecule has 0 bridgehead atoms. The number of piperidine rings is 1. The summed E-state index contributed by atoms with van der Waals surface area (Å²) in [6, 6.07) is 33.9. The first kappa shape index (κ1) is 56.6. The molecular weight excluding hydrogens is 1050 g/mol. The van der Waals surface area contributed by atoms with Gasteiger partial charge >= 0.3 is 6.09 Å². The van der Waals surface area contributed by atoms with Gasteiger partial charge in [0.05, 0.1) is 29.9 Å². The average molecular weight is 1130 g/mol. The fourth-order valence-electron chi connectivity index (χ4n) is 13.1. The smallest absolute Gasteiger partial charge is 0.409 e. The molecule has 82 heavy (non-hydrogen) atoms. The van der Waals surface area contributed by atoms with E-state index in [4.69, 9.17) is 22.1 Å². The molecule has 16 nitrogen and oxygen atoms in total. The number of anilines is 2. The van der Waals surface area contributed by atoms with E-state index in [0.717, 1.165) is 102 Å². The quantitative estimate of drug-likeness (QED) is 0.0833. The normalized spacial score (nSPS) is 18.9. The Hall–Kier alpha value is -7.24. The molecule has 11 rings (SSSR count). The van der Waals surface area contributed by atoms with Gasteiger partial charge in [0.15, 0.2) is 5.69 Å². The number of benzene rings is 4. The van der Waals surface area contributed by atoms with E-state index in [1.54, 1.807) is 23.2 Å². The first-order valence-corrected chi connectivity index (χ1v) is 29.8. The molecule has 0 spiro atoms. The summed E-state index contributed by atoms with van der Waals surface area (Å²) in [5.41, 5.74) is 17.1. The Bertz CT molecular complexity index is 3220. The highest BCUT2D eigenvalue weighted by Crippen LogP contribution is 2.45. The molecule has 3 saturated heterocycles. The highest BCUT2D eigenvalue weighted by atomic mass is 35.5. The van der Waals surface area contributed by atoms with Crippen LogP contribution < -0.4 is 10.6 Å². The highest BCUT2D eigenvalue weighted by Gasteiger charge is 2.37. The van der Waals surface area contributed by atoms with Gasteiger partial charge in [0.2, 0.25) is 5.91 Å². The lowest BCUT2D eigenvalue weighted by atomic mass is 9.95. The molecule has 3 atom stereocenters. The van der Waals surface area contributed by atoms with Crippen LogP contribution in [0.15, 0.2) is 116 Å². The van der Waals surface area contributed by atoms with Crippen molar-refractivity contribution in [2.75, 3.05) is 109 Å². The molecule has 5 aliphatic rings. The van der Waals surface area contributed by atoms with Gasteiger partial charge in [-0.25, -0.2) is 19.7 Å². The molecule has 2 aromatic heterocycles. The minimum absolute atomic E-state index is 0.0495. The van der Waals surface area contributed by atoms with Gasteiger partial charge in [-0.05, 0) is 114 Å². The number of ketones is 1. The minimum atomic E-state index is -0.736. The van der Waals surface area contributed by atoms with Crippen molar-refractivity contribution >= 4 is 46.8 Å². The average Bonchev–Trinajstić information content (AvgIpc) is 3.28. The van der Waals surface area contributed by atoms with Gasteiger partial charge < -0.3 is 35.2 Å². The largest absolute Gasteiger partial charge is 0.448 e. The second-order valence-electron chi connectivity index (χ2n) is 23.0. The van der Waals surface area contributed by atoms with Gasteiger partial charge in [-0.1, -0.05) is 110 Å². The van der Waals surface area contributed by atoms with E-state index >= 15 is 0 Å². The molecule has 3 fully saturated rings. The highest BCUT2D eigenvalue weighted by molar-refractivity contribution is 6.30. The predicted molar refractivity (Wildman–Crippen MR) is 319 cm³/mol. The number of hydrogen-bond donors (Lipinski definition) is 2. The number of nitrogens with zero attached hydrogens (tertiary/aromatic N) is 9. The Kier molecular flexibility index (Phi) is 17.6. The number of aromatic nitrogens is 3. The Morgan fingerprint density at radius 1 is 0.780 bits per heavy atom. The van der Waals surface area contributed by atoms with Crippen LogP contribution in [0, 0.1) is 5.92 Å². The Morgan fingerprint density at radius 2 is 1.48 bits per heavy atom. The van der Waals surface area contributed by atoms with Crippen LogP contribution in [-0.4, -0.2) is 166 Å². The summed E-state index contributed by atoms with van der Waals surface area (Å²) in [5.74, 6) is 0.403. The van der Waals surface area contributed by atoms with Crippen LogP contribution in [0.5, 0.6) is 0 Å². The molecule has 2 aliphatic carbocycles. The number of ether oxygens (including phenoxy) is 1. The van der Waals surface area contributed by atoms with Crippen molar-refractivity contribution in [2.24, 2.45) is 5.92 Å². The number of fused-ring (bicyclic) bond motifs is 4. The molecule has 0 unspecified atom stereocenters. The van der Waals surface area contributed by atoms with Gasteiger partial charge in [0.1, 0.15) is 24.5 Å². The van der Waals surface area contributed by atoms with Gasteiger partial charge in [-0.3, -0.25) is 24.2 Å². The topological polar surface area (TPSA) is 182 Å². The number of aliphatic hydroxyl groups excluding tert-OH is 1. The van der Waals surface area contributed by atoms with Gasteiger partial charge in [0.25, 0.3) is 5.91 Å². The zero-order valence-corrected chi connectivity index (χ0v) is 47.9. The number of aryl methyl sites for hydroxylation is 1. The molecule has 4 aromatic carbocycles. The number of rotatable bonds is 18. The van der Waals surface area contributed by atoms with E-state index in [0.29, 0.717) is 86.7 Å². The van der Waals surface area contributed by atoms with E-state index in [2.05, 4.69) is 79.9 Å². The molecule has 17 heteroatoms. The van der Waals surface area contributed by atoms with Crippen LogP contribution in [0.3, 0.4) is 0 Å². The number of aliphatic hydroxyl groups is 1. The monoisotopic (exact) mass is 1130 g/mol. The number of halogens is 1. The van der Waals surface area contributed by atoms with E-state index in [-0.39, 0.29) is 55.6 Å². The van der Waals surface area contributed by atoms with Crippen molar-refractivity contribution in [3.63, 3.8) is 0 Å². The number of nitrogens with two attached hydrogens (primary N) is 1. The summed E-state index contributed by atoms with van der Waals surface area (Å²) >= 11 is 6.41. The van der Waals surface area contributed by atoms with E-state index < -0.39 is 18.1 Å². The van der Waals surface area contributed by atoms with Gasteiger partial charge in [-0.2, -0.15) is 0 Å². The van der Waals surface area contributed by atoms with Crippen molar-refractivity contribution in [1.29, 1.82) is 0 Å². The van der Waals surface area contributed by atoms with Crippen LogP contribution in [0.25, 0.3) is 22.3 Å². The predicted octanol–water partition coefficient (Wildman–Crippen LogP) is 9.08. The summed E-state index contributed by atoms with van der Waals surface area (Å²) in [6.07, 6.45) is 6.30. The van der Waals surface area contributed by atoms with Crippen molar-refractivity contribution in [2.45, 2.75) is 76.2 Å². The number of pyridine rings is 1. The fraction of sp³-hybridized carbons (Fsp3) is 0.431. The number of Topliss-reactive ketones (excluding diaryl/α,β-unsaturated/α-hetero) is 1. The maximum Gasteiger partial charge on any atom is 0.409 e. The minimum Gasteiger partial charge on any atom is -0.448 e. The van der Waals surface area contributed by atoms with Gasteiger partial charge in [-0.15, -0.1) is 0 Å². The zero-order chi connectivity index (χ0) is 56.9. The third-order valence-corrected chi connectivity index (χ3v) is 17.9. The van der Waals surface area contributed by atoms with Crippen LogP contribution in [-0.2, 0) is 20.7 Å². The molecule has 0 saturated carbocycles. The standard InChI is InChI=1S/C65H75ClN10O6/c1-3-44-10-8-11-47(35-44)48-36-57(67)60(68-37-48)64(80)75-28-26-72(27-29-75)38-45-21-24-71(25-22-45)39-50(77)12-9-23-76(65(81)82-41-56-53-15-6-4-13-51(53)52-14-5-7-16-54(52)56)40-55(46-17-19-49(66)20-18-46)63(79)74-32-30-73(31-33-74)62-59-43(2)34-58(78)61(59)69-42-70-62/h4-8,10-11,13-20,35-37,42-43,45,55-56,58,78H,3,9,12,21-34,38-41,67H2,1-2H3/t43-,55-,58-/m1/s1. The lowest BCUT2D eigenvalue weighted by Gasteiger charge is -2.38. The van der Waals surface area contributed by atoms with Crippen molar-refractivity contribution in [3.8, 4) is 22.3 Å². The number of nitrogen functional groups attached to an aromatic ring is 1. The number of piperazine rings is 2. The molecule has 6 aromatic rings. The third kappa shape index (κ3) is 12.6. The lowest BCUT2D eigenvalue weighted by molar-refractivity contribution is -0.133. The first-order chi connectivity index (χ1) is 39.9. The van der Waals surface area contributed by atoms with Gasteiger partial charge in [0, 0.05) is 107 Å². The van der Waals surface area contributed by atoms with Crippen LogP contribution in [0.1, 0.15) is 114 Å². The Labute approximate surface area is 486 Å². The van der Waals surface area contributed by atoms with Crippen LogP contribution in [0.2, 0.25) is 5.02 Å². The number of likely N-dealkylation sites (tertiary alicyclic amines) is 1. The van der Waals surface area contributed by atoms with Crippen molar-refractivity contribution in [1.82, 2.24) is 39.5 Å². The number of carbonyl (C=O) groups excluding carboxylic acids is 4. The molecule has 428 valence electrons. The Balaban J connectivity index is 0.696. The second-order valence-corrected chi connectivity index (χ2v) is 23.4. The third-order valence-electron chi connectivity index (χ3n) is 17.7. The molecule has 5 heterocycles. The second kappa shape index (κ2) is 25.5. The molecule has 0 radical (unpaired) electrons. The summed E-state index contributed by atoms with van der Waals surface area (Å²) in [5, 5.41) is 11.2. The van der Waals surface area contributed by atoms with E-state index in [1.165, 1.54) is 11.9 Å². The fourth-order valence-corrected chi connectivity index (χ4v) is 13.2. The number of carbonyl (C=O) groups is 4. The maximum absolute atomic E-state index is 15.0. The van der Waals surface area contributed by atoms with Crippen molar-refractivity contribution < 1.29 is 29.0 Å². The van der Waals surface area contributed by atoms with Crippen molar-refractivity contribution in [3.05, 3.63) is 160 Å². The summed E-state index contributed by atoms with van der Waals surface area (Å²) in [7, 11) is 0. The van der Waals surface area contributed by atoms with Crippen LogP contribution >= 0.6 is 11.6 Å². The van der Waals surface area contributed by atoms with Crippen LogP contribution in [0.4, 0.5) is 16.3 Å². The summed E-state index contributed by atoms with van der Waals surface area (Å²) < 4.78 is 6.29. The summed E-state index contributed by atoms with van der Waals surface area (Å²) in [4.78, 5) is 82.8. The molecule has 3 amide bonds. The first-order valence-electron chi connectivity index (χ1n) is 29.4. The number of hydrogen-bond acceptors (Lipinski definition) is 13. The molecule has 3 N–H and O–H groups in total. The maximum atomic E-state index is 15.0. The SMILES string of the molecule is CCc1cccc(-c2cnc(C(=O)N3CCN(CC4CCN(CC(=O)CCCN(C[C@@H](C(=O)N5CCN(c6ncnc7c6[C@H](C)C[C@H]7O)CC5)c5ccc(Cl)cc5)C(=O)OCC5c6ccccc6-c6ccccc65)CC4)CC3)c(N)c2)c1. The lowest BCUT2D eigenvalue weighted by Crippen LogP contribution is -2.52.